The first kappa shape index (κ1) is 15.1. The maximum atomic E-state index is 11.7. The molecule has 3 nitrogen and oxygen atoms in total. The molecule has 0 aliphatic heterocycles. The Morgan fingerprint density at radius 2 is 2.28 bits per heavy atom. The van der Waals surface area contributed by atoms with E-state index in [1.54, 1.807) is 6.26 Å². The van der Waals surface area contributed by atoms with E-state index in [1.807, 2.05) is 12.1 Å². The van der Waals surface area contributed by atoms with Gasteiger partial charge in [0.05, 0.1) is 6.26 Å². The van der Waals surface area contributed by atoms with Gasteiger partial charge in [-0.05, 0) is 30.4 Å². The van der Waals surface area contributed by atoms with Crippen molar-refractivity contribution in [1.29, 1.82) is 0 Å². The van der Waals surface area contributed by atoms with Gasteiger partial charge in [-0.15, -0.1) is 11.6 Å². The third kappa shape index (κ3) is 6.10. The molecule has 0 saturated carbocycles. The molecule has 1 aromatic rings. The molecule has 0 spiro atoms. The van der Waals surface area contributed by atoms with Gasteiger partial charge in [0.1, 0.15) is 5.76 Å². The second-order valence-corrected chi connectivity index (χ2v) is 5.69. The van der Waals surface area contributed by atoms with Crippen LogP contribution in [-0.2, 0) is 11.2 Å². The third-order valence-corrected chi connectivity index (χ3v) is 3.20. The van der Waals surface area contributed by atoms with E-state index in [0.717, 1.165) is 18.6 Å². The lowest BCUT2D eigenvalue weighted by molar-refractivity contribution is -0.121. The first-order valence-corrected chi connectivity index (χ1v) is 6.92. The lowest BCUT2D eigenvalue weighted by atomic mass is 9.88. The smallest absolute Gasteiger partial charge is 0.220 e. The Labute approximate surface area is 114 Å². The molecule has 1 rings (SSSR count). The van der Waals surface area contributed by atoms with Crippen molar-refractivity contribution in [3.8, 4) is 0 Å². The summed E-state index contributed by atoms with van der Waals surface area (Å²) < 4.78 is 5.19. The van der Waals surface area contributed by atoms with Crippen LogP contribution >= 0.6 is 11.6 Å². The summed E-state index contributed by atoms with van der Waals surface area (Å²) in [7, 11) is 0. The number of amides is 1. The molecule has 1 N–H and O–H groups in total. The number of alkyl halides is 1. The van der Waals surface area contributed by atoms with Gasteiger partial charge < -0.3 is 9.73 Å². The summed E-state index contributed by atoms with van der Waals surface area (Å²) in [5.41, 5.74) is 0.106. The zero-order valence-corrected chi connectivity index (χ0v) is 11.9. The number of furan rings is 1. The number of rotatable bonds is 8. The topological polar surface area (TPSA) is 42.2 Å². The summed E-state index contributed by atoms with van der Waals surface area (Å²) in [4.78, 5) is 11.7. The van der Waals surface area contributed by atoms with Gasteiger partial charge in [-0.1, -0.05) is 13.8 Å². The van der Waals surface area contributed by atoms with Crippen molar-refractivity contribution < 1.29 is 9.21 Å². The fourth-order valence-electron chi connectivity index (χ4n) is 1.75. The number of hydrogen-bond acceptors (Lipinski definition) is 2. The number of hydrogen-bond donors (Lipinski definition) is 1. The number of aryl methyl sites for hydroxylation is 1. The Hall–Kier alpha value is -0.960. The van der Waals surface area contributed by atoms with E-state index in [0.29, 0.717) is 25.3 Å². The summed E-state index contributed by atoms with van der Waals surface area (Å²) >= 11 is 5.68. The Balaban J connectivity index is 2.20. The standard InChI is InChI=1S/C14H22ClNO2/c1-14(2,8-4-9-15)11-16-13(17)7-6-12-5-3-10-18-12/h3,5,10H,4,6-9,11H2,1-2H3,(H,16,17). The Morgan fingerprint density at radius 3 is 2.89 bits per heavy atom. The van der Waals surface area contributed by atoms with Crippen molar-refractivity contribution in [2.75, 3.05) is 12.4 Å². The quantitative estimate of drug-likeness (QED) is 0.737. The summed E-state index contributed by atoms with van der Waals surface area (Å²) in [5, 5.41) is 2.97. The van der Waals surface area contributed by atoms with E-state index in [9.17, 15) is 4.79 Å². The van der Waals surface area contributed by atoms with Crippen LogP contribution in [0, 0.1) is 5.41 Å². The lowest BCUT2D eigenvalue weighted by Crippen LogP contribution is -2.34. The average molecular weight is 272 g/mol. The summed E-state index contributed by atoms with van der Waals surface area (Å²) in [6.45, 7) is 4.99. The van der Waals surface area contributed by atoms with Crippen LogP contribution in [0.1, 0.15) is 38.9 Å². The Kier molecular flexibility index (Phi) is 6.27. The summed E-state index contributed by atoms with van der Waals surface area (Å²) in [6, 6.07) is 3.72. The second kappa shape index (κ2) is 7.47. The van der Waals surface area contributed by atoms with Gasteiger partial charge in [0.2, 0.25) is 5.91 Å². The predicted molar refractivity (Wildman–Crippen MR) is 73.8 cm³/mol. The van der Waals surface area contributed by atoms with Crippen molar-refractivity contribution in [1.82, 2.24) is 5.32 Å². The van der Waals surface area contributed by atoms with Gasteiger partial charge in [0.25, 0.3) is 0 Å². The van der Waals surface area contributed by atoms with Crippen LogP contribution in [0.2, 0.25) is 0 Å². The second-order valence-electron chi connectivity index (χ2n) is 5.31. The fourth-order valence-corrected chi connectivity index (χ4v) is 1.89. The zero-order valence-electron chi connectivity index (χ0n) is 11.2. The van der Waals surface area contributed by atoms with Crippen molar-refractivity contribution in [2.45, 2.75) is 39.5 Å². The number of carbonyl (C=O) groups excluding carboxylic acids is 1. The largest absolute Gasteiger partial charge is 0.469 e. The monoisotopic (exact) mass is 271 g/mol. The van der Waals surface area contributed by atoms with E-state index >= 15 is 0 Å². The van der Waals surface area contributed by atoms with Gasteiger partial charge in [0, 0.05) is 25.3 Å². The minimum atomic E-state index is 0.0744. The third-order valence-electron chi connectivity index (χ3n) is 2.93. The highest BCUT2D eigenvalue weighted by Crippen LogP contribution is 2.21. The molecular formula is C14H22ClNO2. The molecule has 0 atom stereocenters. The van der Waals surface area contributed by atoms with E-state index < -0.39 is 0 Å². The molecule has 4 heteroatoms. The molecule has 0 saturated heterocycles. The van der Waals surface area contributed by atoms with E-state index in [-0.39, 0.29) is 11.3 Å². The van der Waals surface area contributed by atoms with Crippen LogP contribution in [0.5, 0.6) is 0 Å². The first-order chi connectivity index (χ1) is 8.53. The average Bonchev–Trinajstić information content (AvgIpc) is 2.84. The molecule has 18 heavy (non-hydrogen) atoms. The fraction of sp³-hybridized carbons (Fsp3) is 0.643. The normalized spacial score (nSPS) is 11.5. The molecule has 0 radical (unpaired) electrons. The molecule has 0 aliphatic carbocycles. The maximum Gasteiger partial charge on any atom is 0.220 e. The van der Waals surface area contributed by atoms with Gasteiger partial charge in [-0.3, -0.25) is 4.79 Å². The molecule has 0 bridgehead atoms. The molecule has 0 unspecified atom stereocenters. The molecule has 102 valence electrons. The minimum absolute atomic E-state index is 0.0744. The van der Waals surface area contributed by atoms with Crippen molar-refractivity contribution in [2.24, 2.45) is 5.41 Å². The number of halogens is 1. The van der Waals surface area contributed by atoms with Crippen molar-refractivity contribution in [3.05, 3.63) is 24.2 Å². The minimum Gasteiger partial charge on any atom is -0.469 e. The van der Waals surface area contributed by atoms with E-state index in [2.05, 4.69) is 19.2 Å². The maximum absolute atomic E-state index is 11.7. The molecule has 1 amide bonds. The first-order valence-electron chi connectivity index (χ1n) is 6.38. The van der Waals surface area contributed by atoms with Crippen LogP contribution in [-0.4, -0.2) is 18.3 Å². The van der Waals surface area contributed by atoms with Gasteiger partial charge in [-0.2, -0.15) is 0 Å². The summed E-state index contributed by atoms with van der Waals surface area (Å²) in [6.07, 6.45) is 4.76. The van der Waals surface area contributed by atoms with E-state index in [4.69, 9.17) is 16.0 Å². The van der Waals surface area contributed by atoms with Crippen LogP contribution < -0.4 is 5.32 Å². The molecule has 1 aromatic heterocycles. The lowest BCUT2D eigenvalue weighted by Gasteiger charge is -2.24. The molecular weight excluding hydrogens is 250 g/mol. The highest BCUT2D eigenvalue weighted by atomic mass is 35.5. The van der Waals surface area contributed by atoms with Crippen LogP contribution in [0.15, 0.2) is 22.8 Å². The highest BCUT2D eigenvalue weighted by molar-refractivity contribution is 6.17. The Morgan fingerprint density at radius 1 is 1.50 bits per heavy atom. The molecule has 0 aliphatic rings. The highest BCUT2D eigenvalue weighted by Gasteiger charge is 2.18. The van der Waals surface area contributed by atoms with Gasteiger partial charge in [0.15, 0.2) is 0 Å². The number of nitrogens with one attached hydrogen (secondary N) is 1. The van der Waals surface area contributed by atoms with Crippen LogP contribution in [0.4, 0.5) is 0 Å². The number of carbonyl (C=O) groups is 1. The molecule has 0 fully saturated rings. The van der Waals surface area contributed by atoms with Crippen LogP contribution in [0.3, 0.4) is 0 Å². The zero-order chi connectivity index (χ0) is 13.4. The van der Waals surface area contributed by atoms with Crippen LogP contribution in [0.25, 0.3) is 0 Å². The molecule has 0 aromatic carbocycles. The van der Waals surface area contributed by atoms with Crippen molar-refractivity contribution >= 4 is 17.5 Å². The Bertz CT molecular complexity index is 347. The predicted octanol–water partition coefficient (Wildman–Crippen LogP) is 3.37. The summed E-state index contributed by atoms with van der Waals surface area (Å²) in [5.74, 6) is 1.60. The van der Waals surface area contributed by atoms with Gasteiger partial charge >= 0.3 is 0 Å². The SMILES string of the molecule is CC(C)(CCCCl)CNC(=O)CCc1ccco1. The van der Waals surface area contributed by atoms with Gasteiger partial charge in [-0.25, -0.2) is 0 Å². The van der Waals surface area contributed by atoms with Crippen molar-refractivity contribution in [3.63, 3.8) is 0 Å². The molecule has 1 heterocycles. The van der Waals surface area contributed by atoms with E-state index in [1.165, 1.54) is 0 Å².